The second kappa shape index (κ2) is 7.01. The molecule has 4 nitrogen and oxygen atoms in total. The lowest BCUT2D eigenvalue weighted by Crippen LogP contribution is -2.34. The maximum atomic E-state index is 11.5. The Balaban J connectivity index is 2.78. The standard InChI is InChI=1S/C14H22N2O2/c1-10(2)18-13-8-6-5-7-12(13)11(3)16-14(17)9-15-4/h5-8,10-11,15H,9H2,1-4H3,(H,16,17). The molecule has 1 amide bonds. The molecule has 0 radical (unpaired) electrons. The van der Waals surface area contributed by atoms with Crippen molar-refractivity contribution < 1.29 is 9.53 Å². The number of carbonyl (C=O) groups excluding carboxylic acids is 1. The summed E-state index contributed by atoms with van der Waals surface area (Å²) in [5, 5.41) is 5.76. The van der Waals surface area contributed by atoms with Gasteiger partial charge in [-0.1, -0.05) is 18.2 Å². The van der Waals surface area contributed by atoms with Gasteiger partial charge in [0.25, 0.3) is 0 Å². The van der Waals surface area contributed by atoms with E-state index >= 15 is 0 Å². The molecule has 0 aromatic heterocycles. The van der Waals surface area contributed by atoms with E-state index < -0.39 is 0 Å². The molecule has 2 N–H and O–H groups in total. The van der Waals surface area contributed by atoms with Crippen LogP contribution in [0.1, 0.15) is 32.4 Å². The molecule has 0 saturated heterocycles. The summed E-state index contributed by atoms with van der Waals surface area (Å²) in [6, 6.07) is 7.71. The van der Waals surface area contributed by atoms with Crippen molar-refractivity contribution in [2.45, 2.75) is 32.9 Å². The van der Waals surface area contributed by atoms with Crippen molar-refractivity contribution in [1.29, 1.82) is 0 Å². The van der Waals surface area contributed by atoms with Crippen LogP contribution in [0.15, 0.2) is 24.3 Å². The molecule has 1 unspecified atom stereocenters. The highest BCUT2D eigenvalue weighted by molar-refractivity contribution is 5.78. The van der Waals surface area contributed by atoms with Crippen LogP contribution in [0, 0.1) is 0 Å². The smallest absolute Gasteiger partial charge is 0.234 e. The van der Waals surface area contributed by atoms with Crippen LogP contribution in [0.25, 0.3) is 0 Å². The lowest BCUT2D eigenvalue weighted by atomic mass is 10.1. The lowest BCUT2D eigenvalue weighted by molar-refractivity contribution is -0.120. The zero-order valence-corrected chi connectivity index (χ0v) is 11.5. The topological polar surface area (TPSA) is 50.4 Å². The predicted molar refractivity (Wildman–Crippen MR) is 72.7 cm³/mol. The van der Waals surface area contributed by atoms with Gasteiger partial charge in [0.15, 0.2) is 0 Å². The van der Waals surface area contributed by atoms with E-state index in [1.807, 2.05) is 45.0 Å². The summed E-state index contributed by atoms with van der Waals surface area (Å²) < 4.78 is 5.74. The van der Waals surface area contributed by atoms with E-state index in [0.29, 0.717) is 6.54 Å². The van der Waals surface area contributed by atoms with Crippen LogP contribution in [0.3, 0.4) is 0 Å². The minimum Gasteiger partial charge on any atom is -0.491 e. The molecule has 100 valence electrons. The van der Waals surface area contributed by atoms with Gasteiger partial charge in [-0.25, -0.2) is 0 Å². The van der Waals surface area contributed by atoms with Crippen molar-refractivity contribution in [3.8, 4) is 5.75 Å². The fourth-order valence-electron chi connectivity index (χ4n) is 1.73. The van der Waals surface area contributed by atoms with E-state index in [1.165, 1.54) is 0 Å². The molecule has 0 heterocycles. The molecule has 0 bridgehead atoms. The summed E-state index contributed by atoms with van der Waals surface area (Å²) in [7, 11) is 1.75. The minimum absolute atomic E-state index is 0.0237. The maximum absolute atomic E-state index is 11.5. The maximum Gasteiger partial charge on any atom is 0.234 e. The summed E-state index contributed by atoms with van der Waals surface area (Å²) in [5.74, 6) is 0.800. The zero-order chi connectivity index (χ0) is 13.5. The molecule has 0 saturated carbocycles. The number of ether oxygens (including phenoxy) is 1. The average molecular weight is 250 g/mol. The minimum atomic E-state index is -0.0687. The van der Waals surface area contributed by atoms with Gasteiger partial charge in [0, 0.05) is 5.56 Å². The molecule has 1 aromatic rings. The van der Waals surface area contributed by atoms with Gasteiger partial charge in [-0.15, -0.1) is 0 Å². The first kappa shape index (κ1) is 14.5. The third kappa shape index (κ3) is 4.37. The van der Waals surface area contributed by atoms with Crippen molar-refractivity contribution in [1.82, 2.24) is 10.6 Å². The summed E-state index contributed by atoms with van der Waals surface area (Å²) in [4.78, 5) is 11.5. The second-order valence-corrected chi connectivity index (χ2v) is 4.52. The van der Waals surface area contributed by atoms with E-state index in [1.54, 1.807) is 7.05 Å². The number of hydrogen-bond donors (Lipinski definition) is 2. The van der Waals surface area contributed by atoms with Crippen LogP contribution in [0.2, 0.25) is 0 Å². The van der Waals surface area contributed by atoms with Gasteiger partial charge in [0.2, 0.25) is 5.91 Å². The SMILES string of the molecule is CNCC(=O)NC(C)c1ccccc1OC(C)C. The van der Waals surface area contributed by atoms with Crippen molar-refractivity contribution in [3.63, 3.8) is 0 Å². The third-order valence-corrected chi connectivity index (χ3v) is 2.46. The summed E-state index contributed by atoms with van der Waals surface area (Å²) in [6.45, 7) is 6.25. The fraction of sp³-hybridized carbons (Fsp3) is 0.500. The monoisotopic (exact) mass is 250 g/mol. The Bertz CT molecular complexity index is 391. The molecule has 0 aliphatic carbocycles. The van der Waals surface area contributed by atoms with Gasteiger partial charge in [0.1, 0.15) is 5.75 Å². The normalized spacial score (nSPS) is 12.3. The molecule has 0 spiro atoms. The highest BCUT2D eigenvalue weighted by Crippen LogP contribution is 2.25. The van der Waals surface area contributed by atoms with Gasteiger partial charge >= 0.3 is 0 Å². The van der Waals surface area contributed by atoms with E-state index in [0.717, 1.165) is 11.3 Å². The third-order valence-electron chi connectivity index (χ3n) is 2.46. The molecule has 1 aromatic carbocycles. The van der Waals surface area contributed by atoms with Crippen molar-refractivity contribution in [2.75, 3.05) is 13.6 Å². The molecular weight excluding hydrogens is 228 g/mol. The number of hydrogen-bond acceptors (Lipinski definition) is 3. The molecule has 0 aliphatic rings. The fourth-order valence-corrected chi connectivity index (χ4v) is 1.73. The Hall–Kier alpha value is -1.55. The number of benzene rings is 1. The number of amides is 1. The molecule has 0 aliphatic heterocycles. The Kier molecular flexibility index (Phi) is 5.65. The lowest BCUT2D eigenvalue weighted by Gasteiger charge is -2.19. The van der Waals surface area contributed by atoms with Crippen LogP contribution in [-0.2, 0) is 4.79 Å². The number of carbonyl (C=O) groups is 1. The van der Waals surface area contributed by atoms with E-state index in [4.69, 9.17) is 4.74 Å². The van der Waals surface area contributed by atoms with Gasteiger partial charge in [0.05, 0.1) is 18.7 Å². The van der Waals surface area contributed by atoms with Gasteiger partial charge < -0.3 is 15.4 Å². The van der Waals surface area contributed by atoms with Crippen LogP contribution in [0.4, 0.5) is 0 Å². The Morgan fingerprint density at radius 1 is 1.28 bits per heavy atom. The van der Waals surface area contributed by atoms with Crippen molar-refractivity contribution >= 4 is 5.91 Å². The molecule has 4 heteroatoms. The highest BCUT2D eigenvalue weighted by Gasteiger charge is 2.14. The molecule has 0 fully saturated rings. The summed E-state index contributed by atoms with van der Waals surface area (Å²) in [5.41, 5.74) is 0.996. The first-order chi connectivity index (χ1) is 8.54. The number of para-hydroxylation sites is 1. The molecule has 18 heavy (non-hydrogen) atoms. The van der Waals surface area contributed by atoms with Gasteiger partial charge in [-0.3, -0.25) is 4.79 Å². The van der Waals surface area contributed by atoms with Crippen LogP contribution >= 0.6 is 0 Å². The highest BCUT2D eigenvalue weighted by atomic mass is 16.5. The van der Waals surface area contributed by atoms with E-state index in [9.17, 15) is 4.79 Å². The molecular formula is C14H22N2O2. The quantitative estimate of drug-likeness (QED) is 0.810. The van der Waals surface area contributed by atoms with Crippen molar-refractivity contribution in [2.24, 2.45) is 0 Å². The van der Waals surface area contributed by atoms with Crippen molar-refractivity contribution in [3.05, 3.63) is 29.8 Å². The van der Waals surface area contributed by atoms with Crippen LogP contribution in [0.5, 0.6) is 5.75 Å². The Morgan fingerprint density at radius 3 is 2.56 bits per heavy atom. The first-order valence-electron chi connectivity index (χ1n) is 6.24. The second-order valence-electron chi connectivity index (χ2n) is 4.52. The van der Waals surface area contributed by atoms with E-state index in [2.05, 4.69) is 10.6 Å². The van der Waals surface area contributed by atoms with E-state index in [-0.39, 0.29) is 18.1 Å². The van der Waals surface area contributed by atoms with Crippen LogP contribution < -0.4 is 15.4 Å². The summed E-state index contributed by atoms with van der Waals surface area (Å²) >= 11 is 0. The number of likely N-dealkylation sites (N-methyl/N-ethyl adjacent to an activating group) is 1. The van der Waals surface area contributed by atoms with Gasteiger partial charge in [-0.2, -0.15) is 0 Å². The largest absolute Gasteiger partial charge is 0.491 e. The van der Waals surface area contributed by atoms with Crippen LogP contribution in [-0.4, -0.2) is 25.6 Å². The molecule has 1 atom stereocenters. The Morgan fingerprint density at radius 2 is 1.94 bits per heavy atom. The molecule has 1 rings (SSSR count). The predicted octanol–water partition coefficient (Wildman–Crippen LogP) is 1.87. The Labute approximate surface area is 109 Å². The zero-order valence-electron chi connectivity index (χ0n) is 11.5. The number of rotatable bonds is 6. The summed E-state index contributed by atoms with van der Waals surface area (Å²) in [6.07, 6.45) is 0.117. The first-order valence-corrected chi connectivity index (χ1v) is 6.24. The average Bonchev–Trinajstić information content (AvgIpc) is 2.28. The number of nitrogens with one attached hydrogen (secondary N) is 2. The van der Waals surface area contributed by atoms with Gasteiger partial charge in [-0.05, 0) is 33.9 Å².